The van der Waals surface area contributed by atoms with Crippen molar-refractivity contribution in [3.05, 3.63) is 59.9 Å². The van der Waals surface area contributed by atoms with E-state index >= 15 is 0 Å². The zero-order valence-corrected chi connectivity index (χ0v) is 10.1. The minimum absolute atomic E-state index is 1.12. The lowest BCUT2D eigenvalue weighted by molar-refractivity contribution is -0.510. The van der Waals surface area contributed by atoms with E-state index in [0.29, 0.717) is 0 Å². The molecule has 0 aliphatic rings. The molecule has 0 amide bonds. The van der Waals surface area contributed by atoms with Crippen LogP contribution in [0.5, 0.6) is 0 Å². The third-order valence-electron chi connectivity index (χ3n) is 3.02. The first-order valence-electron chi connectivity index (χ1n) is 5.80. The van der Waals surface area contributed by atoms with Gasteiger partial charge in [-0.2, -0.15) is 0 Å². The lowest BCUT2D eigenvalue weighted by Crippen LogP contribution is -2.17. The van der Waals surface area contributed by atoms with Gasteiger partial charge in [0, 0.05) is 11.6 Å². The van der Waals surface area contributed by atoms with Gasteiger partial charge in [0.1, 0.15) is 6.20 Å². The second-order valence-corrected chi connectivity index (χ2v) is 4.53. The van der Waals surface area contributed by atoms with E-state index in [9.17, 15) is 0 Å². The van der Waals surface area contributed by atoms with Crippen molar-refractivity contribution in [1.82, 2.24) is 4.98 Å². The monoisotopic (exact) mass is 223 g/mol. The van der Waals surface area contributed by atoms with Crippen LogP contribution in [-0.4, -0.2) is 4.98 Å². The Hall–Kier alpha value is -2.09. The van der Waals surface area contributed by atoms with Gasteiger partial charge in [-0.15, -0.1) is 0 Å². The molecule has 1 N–H and O–H groups in total. The molecule has 17 heavy (non-hydrogen) atoms. The number of rotatable bonds is 1. The number of fused-ring (bicyclic) bond motifs is 1. The highest BCUT2D eigenvalue weighted by atomic mass is 15.0. The van der Waals surface area contributed by atoms with Crippen LogP contribution in [0.15, 0.2) is 48.8 Å². The average molecular weight is 223 g/mol. The zero-order valence-electron chi connectivity index (χ0n) is 10.1. The number of nitrogens with zero attached hydrogens (tertiary/aromatic N) is 1. The quantitative estimate of drug-likeness (QED) is 0.612. The molecule has 0 unspecified atom stereocenters. The maximum absolute atomic E-state index is 3.42. The summed E-state index contributed by atoms with van der Waals surface area (Å²) in [4.78, 5) is 3.42. The molecule has 2 heteroatoms. The van der Waals surface area contributed by atoms with Crippen molar-refractivity contribution in [1.29, 1.82) is 0 Å². The number of hydrogen-bond donors (Lipinski definition) is 1. The van der Waals surface area contributed by atoms with E-state index in [-0.39, 0.29) is 0 Å². The lowest BCUT2D eigenvalue weighted by atomic mass is 10.1. The van der Waals surface area contributed by atoms with Gasteiger partial charge in [-0.3, -0.25) is 0 Å². The predicted molar refractivity (Wildman–Crippen MR) is 68.9 cm³/mol. The largest absolute Gasteiger partial charge is 0.284 e. The molecule has 0 aliphatic heterocycles. The number of benzene rings is 1. The van der Waals surface area contributed by atoms with Gasteiger partial charge >= 0.3 is 0 Å². The summed E-state index contributed by atoms with van der Waals surface area (Å²) < 4.78 is 2.13. The molecule has 0 spiro atoms. The Morgan fingerprint density at radius 2 is 1.53 bits per heavy atom. The Morgan fingerprint density at radius 1 is 0.824 bits per heavy atom. The molecule has 0 fully saturated rings. The number of H-pyrrole nitrogens is 1. The summed E-state index contributed by atoms with van der Waals surface area (Å²) in [6.07, 6.45) is 4.26. The van der Waals surface area contributed by atoms with Crippen LogP contribution in [0.25, 0.3) is 16.9 Å². The van der Waals surface area contributed by atoms with E-state index in [1.807, 2.05) is 0 Å². The Bertz CT molecular complexity index is 663. The van der Waals surface area contributed by atoms with Gasteiger partial charge in [0.15, 0.2) is 5.69 Å². The van der Waals surface area contributed by atoms with E-state index < -0.39 is 0 Å². The fourth-order valence-corrected chi connectivity index (χ4v) is 2.03. The van der Waals surface area contributed by atoms with Gasteiger partial charge in [-0.05, 0) is 25.5 Å². The Morgan fingerprint density at radius 3 is 2.29 bits per heavy atom. The number of aromatic amines is 1. The number of pyridine rings is 1. The lowest BCUT2D eigenvalue weighted by Gasteiger charge is -1.93. The molecule has 2 heterocycles. The molecular weight excluding hydrogens is 208 g/mol. The number of nitrogens with one attached hydrogen (secondary N) is 1. The Labute approximate surface area is 101 Å². The van der Waals surface area contributed by atoms with Crippen LogP contribution in [0.1, 0.15) is 11.1 Å². The zero-order chi connectivity index (χ0) is 11.8. The van der Waals surface area contributed by atoms with Crippen LogP contribution < -0.4 is 4.40 Å². The maximum atomic E-state index is 3.42. The normalized spacial score (nSPS) is 10.9. The minimum atomic E-state index is 1.12. The molecule has 2 nitrogen and oxygen atoms in total. The van der Waals surface area contributed by atoms with Crippen molar-refractivity contribution in [3.8, 4) is 11.3 Å². The van der Waals surface area contributed by atoms with Crippen molar-refractivity contribution >= 4 is 5.65 Å². The van der Waals surface area contributed by atoms with Gasteiger partial charge in [-0.1, -0.05) is 29.8 Å². The van der Waals surface area contributed by atoms with Crippen molar-refractivity contribution < 1.29 is 4.40 Å². The van der Waals surface area contributed by atoms with Crippen LogP contribution in [0.3, 0.4) is 0 Å². The van der Waals surface area contributed by atoms with E-state index in [2.05, 4.69) is 72.0 Å². The molecule has 0 radical (unpaired) electrons. The van der Waals surface area contributed by atoms with Crippen LogP contribution in [0.4, 0.5) is 0 Å². The molecular formula is C15H15N2+. The summed E-state index contributed by atoms with van der Waals surface area (Å²) in [5.41, 5.74) is 6.03. The minimum Gasteiger partial charge on any atom is -0.237 e. The Balaban J connectivity index is 2.14. The molecule has 3 aromatic rings. The predicted octanol–water partition coefficient (Wildman–Crippen LogP) is 3.04. The summed E-state index contributed by atoms with van der Waals surface area (Å²) in [5, 5.41) is 0. The molecule has 2 aromatic heterocycles. The molecule has 0 bridgehead atoms. The van der Waals surface area contributed by atoms with Gasteiger partial charge in [-0.25, -0.2) is 9.38 Å². The van der Waals surface area contributed by atoms with Crippen molar-refractivity contribution in [2.24, 2.45) is 0 Å². The first-order valence-corrected chi connectivity index (χ1v) is 5.80. The third-order valence-corrected chi connectivity index (χ3v) is 3.02. The summed E-state index contributed by atoms with van der Waals surface area (Å²) in [7, 11) is 0. The Kier molecular flexibility index (Phi) is 2.22. The van der Waals surface area contributed by atoms with E-state index in [0.717, 1.165) is 11.3 Å². The summed E-state index contributed by atoms with van der Waals surface area (Å²) in [5.74, 6) is 0. The number of imidazole rings is 1. The van der Waals surface area contributed by atoms with Crippen LogP contribution in [-0.2, 0) is 0 Å². The highest BCUT2D eigenvalue weighted by Crippen LogP contribution is 2.17. The standard InChI is InChI=1S/C15H14N2/c1-11-3-6-13(7-4-11)14-10-17-9-12(2)5-8-15(17)16-14/h3-10H,1-2H3/p+1. The van der Waals surface area contributed by atoms with Crippen LogP contribution in [0.2, 0.25) is 0 Å². The molecule has 0 atom stereocenters. The van der Waals surface area contributed by atoms with Gasteiger partial charge in [0.2, 0.25) is 0 Å². The topological polar surface area (TPSA) is 19.9 Å². The highest BCUT2D eigenvalue weighted by molar-refractivity contribution is 5.60. The van der Waals surface area contributed by atoms with Crippen molar-refractivity contribution in [2.45, 2.75) is 13.8 Å². The molecule has 3 rings (SSSR count). The number of aryl methyl sites for hydroxylation is 2. The van der Waals surface area contributed by atoms with Gasteiger partial charge in [0.05, 0.1) is 6.20 Å². The second kappa shape index (κ2) is 3.74. The van der Waals surface area contributed by atoms with Gasteiger partial charge in [0.25, 0.3) is 5.65 Å². The highest BCUT2D eigenvalue weighted by Gasteiger charge is 2.09. The fraction of sp³-hybridized carbons (Fsp3) is 0.133. The summed E-state index contributed by atoms with van der Waals surface area (Å²) >= 11 is 0. The number of hydrogen-bond acceptors (Lipinski definition) is 0. The van der Waals surface area contributed by atoms with Crippen LogP contribution in [0, 0.1) is 13.8 Å². The molecule has 0 aliphatic carbocycles. The van der Waals surface area contributed by atoms with E-state index in [4.69, 9.17) is 0 Å². The third kappa shape index (κ3) is 1.82. The van der Waals surface area contributed by atoms with E-state index in [1.54, 1.807) is 0 Å². The van der Waals surface area contributed by atoms with E-state index in [1.165, 1.54) is 16.7 Å². The first-order chi connectivity index (χ1) is 8.22. The van der Waals surface area contributed by atoms with Crippen molar-refractivity contribution in [3.63, 3.8) is 0 Å². The maximum Gasteiger partial charge on any atom is 0.284 e. The molecule has 0 saturated heterocycles. The van der Waals surface area contributed by atoms with Crippen LogP contribution >= 0.6 is 0 Å². The average Bonchev–Trinajstić information content (AvgIpc) is 2.72. The number of aromatic nitrogens is 2. The van der Waals surface area contributed by atoms with Crippen molar-refractivity contribution in [2.75, 3.05) is 0 Å². The first kappa shape index (κ1) is 10.1. The smallest absolute Gasteiger partial charge is 0.237 e. The summed E-state index contributed by atoms with van der Waals surface area (Å²) in [6.45, 7) is 4.21. The molecule has 84 valence electrons. The fourth-order valence-electron chi connectivity index (χ4n) is 2.03. The molecule has 1 aromatic carbocycles. The summed E-state index contributed by atoms with van der Waals surface area (Å²) in [6, 6.07) is 12.8. The second-order valence-electron chi connectivity index (χ2n) is 4.53. The van der Waals surface area contributed by atoms with Gasteiger partial charge < -0.3 is 0 Å². The SMILES string of the molecule is Cc1ccc(-c2c[n+]3cc(C)ccc3[nH]2)cc1. The molecule has 0 saturated carbocycles.